The van der Waals surface area contributed by atoms with Crippen molar-refractivity contribution in [3.8, 4) is 11.3 Å². The lowest BCUT2D eigenvalue weighted by atomic mass is 10.2. The molecule has 0 radical (unpaired) electrons. The zero-order valence-corrected chi connectivity index (χ0v) is 7.88. The van der Waals surface area contributed by atoms with Gasteiger partial charge in [-0.2, -0.15) is 0 Å². The highest BCUT2D eigenvalue weighted by atomic mass is 15.4. The van der Waals surface area contributed by atoms with Gasteiger partial charge < -0.3 is 5.73 Å². The Morgan fingerprint density at radius 1 is 1.36 bits per heavy atom. The first-order valence-corrected chi connectivity index (χ1v) is 4.41. The fourth-order valence-electron chi connectivity index (χ4n) is 1.27. The topological polar surface area (TPSA) is 69.6 Å². The van der Waals surface area contributed by atoms with Crippen molar-refractivity contribution in [1.29, 1.82) is 0 Å². The van der Waals surface area contributed by atoms with Gasteiger partial charge in [0.05, 0.1) is 11.9 Å². The van der Waals surface area contributed by atoms with Crippen molar-refractivity contribution in [3.63, 3.8) is 0 Å². The molecule has 2 N–H and O–H groups in total. The third-order valence-electron chi connectivity index (χ3n) is 2.00. The van der Waals surface area contributed by atoms with Crippen LogP contribution >= 0.6 is 0 Å². The number of hydrogen-bond acceptors (Lipinski definition) is 4. The molecule has 2 aromatic rings. The molecule has 2 rings (SSSR count). The van der Waals surface area contributed by atoms with Gasteiger partial charge in [0.2, 0.25) is 0 Å². The molecule has 0 amide bonds. The first kappa shape index (κ1) is 8.68. The van der Waals surface area contributed by atoms with Crippen LogP contribution in [0.25, 0.3) is 11.3 Å². The zero-order valence-electron chi connectivity index (χ0n) is 7.88. The second-order valence-electron chi connectivity index (χ2n) is 2.91. The average molecular weight is 189 g/mol. The third-order valence-corrected chi connectivity index (χ3v) is 2.00. The Labute approximate surface area is 81.6 Å². The molecule has 0 saturated heterocycles. The van der Waals surface area contributed by atoms with Crippen LogP contribution in [-0.2, 0) is 6.54 Å². The molecule has 5 heteroatoms. The highest BCUT2D eigenvalue weighted by Gasteiger charge is 2.04. The SMILES string of the molecule is CCn1nncc1-c1ccc(N)nc1. The summed E-state index contributed by atoms with van der Waals surface area (Å²) in [6, 6.07) is 3.68. The standard InChI is InChI=1S/C9H11N5/c1-2-14-8(6-12-13-14)7-3-4-9(10)11-5-7/h3-6H,2H2,1H3,(H2,10,11). The lowest BCUT2D eigenvalue weighted by molar-refractivity contribution is 0.632. The zero-order chi connectivity index (χ0) is 9.97. The van der Waals surface area contributed by atoms with Gasteiger partial charge in [-0.1, -0.05) is 5.21 Å². The van der Waals surface area contributed by atoms with Crippen molar-refractivity contribution in [2.75, 3.05) is 5.73 Å². The van der Waals surface area contributed by atoms with Crippen LogP contribution in [0.15, 0.2) is 24.5 Å². The maximum atomic E-state index is 5.50. The van der Waals surface area contributed by atoms with Crippen LogP contribution in [0.5, 0.6) is 0 Å². The summed E-state index contributed by atoms with van der Waals surface area (Å²) in [6.45, 7) is 2.81. The monoisotopic (exact) mass is 189 g/mol. The minimum absolute atomic E-state index is 0.518. The molecule has 5 nitrogen and oxygen atoms in total. The molecular weight excluding hydrogens is 178 g/mol. The number of rotatable bonds is 2. The van der Waals surface area contributed by atoms with Gasteiger partial charge in [0.25, 0.3) is 0 Å². The second kappa shape index (κ2) is 3.45. The first-order chi connectivity index (χ1) is 6.81. The minimum Gasteiger partial charge on any atom is -0.384 e. The van der Waals surface area contributed by atoms with Gasteiger partial charge in [0.15, 0.2) is 0 Å². The van der Waals surface area contributed by atoms with Crippen molar-refractivity contribution in [2.24, 2.45) is 0 Å². The number of pyridine rings is 1. The summed E-state index contributed by atoms with van der Waals surface area (Å²) in [5.74, 6) is 0.518. The van der Waals surface area contributed by atoms with E-state index < -0.39 is 0 Å². The first-order valence-electron chi connectivity index (χ1n) is 4.41. The number of nitrogen functional groups attached to an aromatic ring is 1. The number of aryl methyl sites for hydroxylation is 1. The van der Waals surface area contributed by atoms with Crippen LogP contribution in [0.3, 0.4) is 0 Å². The summed E-state index contributed by atoms with van der Waals surface area (Å²) in [5.41, 5.74) is 7.44. The predicted molar refractivity (Wildman–Crippen MR) is 53.3 cm³/mol. The number of aromatic nitrogens is 4. The van der Waals surface area contributed by atoms with Gasteiger partial charge in [0.1, 0.15) is 5.82 Å². The van der Waals surface area contributed by atoms with Crippen molar-refractivity contribution in [2.45, 2.75) is 13.5 Å². The molecule has 14 heavy (non-hydrogen) atoms. The number of hydrogen-bond donors (Lipinski definition) is 1. The summed E-state index contributed by atoms with van der Waals surface area (Å²) < 4.78 is 1.81. The van der Waals surface area contributed by atoms with E-state index in [9.17, 15) is 0 Å². The second-order valence-corrected chi connectivity index (χ2v) is 2.91. The Balaban J connectivity index is 2.44. The van der Waals surface area contributed by atoms with Gasteiger partial charge in [-0.25, -0.2) is 9.67 Å². The molecule has 2 heterocycles. The molecule has 0 bridgehead atoms. The van der Waals surface area contributed by atoms with Crippen LogP contribution in [0.1, 0.15) is 6.92 Å². The molecule has 72 valence electrons. The van der Waals surface area contributed by atoms with Gasteiger partial charge >= 0.3 is 0 Å². The van der Waals surface area contributed by atoms with E-state index in [1.165, 1.54) is 0 Å². The Hall–Kier alpha value is -1.91. The van der Waals surface area contributed by atoms with Crippen LogP contribution in [0, 0.1) is 0 Å². The summed E-state index contributed by atoms with van der Waals surface area (Å²) in [5, 5.41) is 7.79. The molecule has 2 aromatic heterocycles. The smallest absolute Gasteiger partial charge is 0.123 e. The fraction of sp³-hybridized carbons (Fsp3) is 0.222. The van der Waals surface area contributed by atoms with Crippen LogP contribution in [0.2, 0.25) is 0 Å². The van der Waals surface area contributed by atoms with Gasteiger partial charge in [-0.15, -0.1) is 5.10 Å². The molecule has 0 fully saturated rings. The molecular formula is C9H11N5. The number of nitrogens with two attached hydrogens (primary N) is 1. The Kier molecular flexibility index (Phi) is 2.14. The normalized spacial score (nSPS) is 10.4. The lowest BCUT2D eigenvalue weighted by Gasteiger charge is -2.02. The third kappa shape index (κ3) is 1.44. The van der Waals surface area contributed by atoms with Crippen molar-refractivity contribution >= 4 is 5.82 Å². The molecule has 0 aromatic carbocycles. The quantitative estimate of drug-likeness (QED) is 0.763. The maximum Gasteiger partial charge on any atom is 0.123 e. The minimum atomic E-state index is 0.518. The van der Waals surface area contributed by atoms with E-state index in [-0.39, 0.29) is 0 Å². The van der Waals surface area contributed by atoms with E-state index >= 15 is 0 Å². The van der Waals surface area contributed by atoms with E-state index in [0.29, 0.717) is 5.82 Å². The molecule has 0 saturated carbocycles. The van der Waals surface area contributed by atoms with E-state index in [2.05, 4.69) is 15.3 Å². The fourth-order valence-corrected chi connectivity index (χ4v) is 1.27. The highest BCUT2D eigenvalue weighted by molar-refractivity contribution is 5.58. The van der Waals surface area contributed by atoms with E-state index in [0.717, 1.165) is 17.8 Å². The average Bonchev–Trinajstić information content (AvgIpc) is 2.67. The summed E-state index contributed by atoms with van der Waals surface area (Å²) in [6.07, 6.45) is 3.44. The largest absolute Gasteiger partial charge is 0.384 e. The van der Waals surface area contributed by atoms with Gasteiger partial charge in [0, 0.05) is 18.3 Å². The summed E-state index contributed by atoms with van der Waals surface area (Å²) in [7, 11) is 0. The molecule has 0 aliphatic carbocycles. The molecule has 0 spiro atoms. The molecule has 0 aliphatic rings. The Morgan fingerprint density at radius 3 is 2.86 bits per heavy atom. The van der Waals surface area contributed by atoms with Gasteiger partial charge in [-0.3, -0.25) is 0 Å². The van der Waals surface area contributed by atoms with E-state index in [4.69, 9.17) is 5.73 Å². The number of anilines is 1. The lowest BCUT2D eigenvalue weighted by Crippen LogP contribution is -1.99. The van der Waals surface area contributed by atoms with Crippen molar-refractivity contribution < 1.29 is 0 Å². The number of nitrogens with zero attached hydrogens (tertiary/aromatic N) is 4. The van der Waals surface area contributed by atoms with Crippen LogP contribution < -0.4 is 5.73 Å². The Morgan fingerprint density at radius 2 is 2.21 bits per heavy atom. The summed E-state index contributed by atoms with van der Waals surface area (Å²) in [4.78, 5) is 4.02. The molecule has 0 unspecified atom stereocenters. The highest BCUT2D eigenvalue weighted by Crippen LogP contribution is 2.17. The molecule has 0 atom stereocenters. The molecule has 0 aliphatic heterocycles. The van der Waals surface area contributed by atoms with Crippen molar-refractivity contribution in [1.82, 2.24) is 20.0 Å². The van der Waals surface area contributed by atoms with Crippen LogP contribution in [-0.4, -0.2) is 20.0 Å². The van der Waals surface area contributed by atoms with E-state index in [1.54, 1.807) is 18.5 Å². The van der Waals surface area contributed by atoms with Crippen LogP contribution in [0.4, 0.5) is 5.82 Å². The van der Waals surface area contributed by atoms with E-state index in [1.807, 2.05) is 17.7 Å². The summed E-state index contributed by atoms with van der Waals surface area (Å²) >= 11 is 0. The Bertz CT molecular complexity index is 417. The predicted octanol–water partition coefficient (Wildman–Crippen LogP) is 0.942. The van der Waals surface area contributed by atoms with Gasteiger partial charge in [-0.05, 0) is 19.1 Å². The van der Waals surface area contributed by atoms with Crippen molar-refractivity contribution in [3.05, 3.63) is 24.5 Å². The maximum absolute atomic E-state index is 5.50.